The fraction of sp³-hybridized carbons (Fsp3) is 0.909. The van der Waals surface area contributed by atoms with Gasteiger partial charge in [-0.25, -0.2) is 0 Å². The van der Waals surface area contributed by atoms with Crippen LogP contribution in [0.25, 0.3) is 0 Å². The summed E-state index contributed by atoms with van der Waals surface area (Å²) in [6, 6.07) is 0. The Bertz CT molecular complexity index is 214. The van der Waals surface area contributed by atoms with E-state index in [4.69, 9.17) is 0 Å². The van der Waals surface area contributed by atoms with Gasteiger partial charge in [0.1, 0.15) is 0 Å². The maximum absolute atomic E-state index is 11.8. The minimum atomic E-state index is -0.0833. The predicted octanol–water partition coefficient (Wildman–Crippen LogP) is 1.15. The molecule has 0 spiro atoms. The molecule has 0 aromatic rings. The van der Waals surface area contributed by atoms with Crippen LogP contribution < -0.4 is 10.6 Å². The van der Waals surface area contributed by atoms with E-state index in [1.807, 2.05) is 7.05 Å². The molecule has 0 aromatic carbocycles. The van der Waals surface area contributed by atoms with Crippen molar-refractivity contribution in [1.82, 2.24) is 10.6 Å². The number of carbonyl (C=O) groups is 1. The topological polar surface area (TPSA) is 41.1 Å². The zero-order valence-corrected chi connectivity index (χ0v) is 9.74. The van der Waals surface area contributed by atoms with Crippen molar-refractivity contribution in [1.29, 1.82) is 0 Å². The summed E-state index contributed by atoms with van der Waals surface area (Å²) in [5.41, 5.74) is 0.0887. The molecular formula is C11H22N2O. The Labute approximate surface area is 86.6 Å². The highest BCUT2D eigenvalue weighted by molar-refractivity contribution is 5.85. The van der Waals surface area contributed by atoms with Crippen LogP contribution in [0.3, 0.4) is 0 Å². The van der Waals surface area contributed by atoms with Gasteiger partial charge in [0, 0.05) is 13.1 Å². The molecule has 1 aliphatic carbocycles. The lowest BCUT2D eigenvalue weighted by Gasteiger charge is -2.21. The summed E-state index contributed by atoms with van der Waals surface area (Å²) in [7, 11) is 1.90. The van der Waals surface area contributed by atoms with Crippen LogP contribution in [0.4, 0.5) is 0 Å². The van der Waals surface area contributed by atoms with Crippen molar-refractivity contribution in [2.45, 2.75) is 33.6 Å². The molecule has 0 atom stereocenters. The second-order valence-electron chi connectivity index (χ2n) is 5.55. The Morgan fingerprint density at radius 1 is 1.36 bits per heavy atom. The molecule has 14 heavy (non-hydrogen) atoms. The molecule has 0 unspecified atom stereocenters. The standard InChI is InChI=1S/C11H22N2O/c1-10(2,3)7-13-9(14)11(5-6-11)8-12-4/h12H,5-8H2,1-4H3,(H,13,14). The second-order valence-corrected chi connectivity index (χ2v) is 5.55. The molecule has 2 N–H and O–H groups in total. The largest absolute Gasteiger partial charge is 0.355 e. The molecule has 1 amide bonds. The summed E-state index contributed by atoms with van der Waals surface area (Å²) in [6.45, 7) is 7.96. The Kier molecular flexibility index (Phi) is 3.20. The molecule has 82 valence electrons. The molecule has 0 aliphatic heterocycles. The molecule has 0 radical (unpaired) electrons. The fourth-order valence-corrected chi connectivity index (χ4v) is 1.51. The molecule has 1 saturated carbocycles. The van der Waals surface area contributed by atoms with Crippen molar-refractivity contribution >= 4 is 5.91 Å². The van der Waals surface area contributed by atoms with E-state index in [0.29, 0.717) is 0 Å². The normalized spacial score (nSPS) is 19.1. The zero-order valence-electron chi connectivity index (χ0n) is 9.74. The van der Waals surface area contributed by atoms with Crippen molar-refractivity contribution in [2.75, 3.05) is 20.1 Å². The summed E-state index contributed by atoms with van der Waals surface area (Å²) in [4.78, 5) is 11.8. The summed E-state index contributed by atoms with van der Waals surface area (Å²) in [6.07, 6.45) is 2.06. The van der Waals surface area contributed by atoms with Crippen LogP contribution in [0.5, 0.6) is 0 Å². The summed E-state index contributed by atoms with van der Waals surface area (Å²) in [5, 5.41) is 6.12. The molecule has 3 heteroatoms. The number of hydrogen-bond donors (Lipinski definition) is 2. The van der Waals surface area contributed by atoms with E-state index in [0.717, 1.165) is 25.9 Å². The van der Waals surface area contributed by atoms with Gasteiger partial charge >= 0.3 is 0 Å². The monoisotopic (exact) mass is 198 g/mol. The lowest BCUT2D eigenvalue weighted by atomic mass is 9.96. The third kappa shape index (κ3) is 2.98. The van der Waals surface area contributed by atoms with Gasteiger partial charge in [-0.15, -0.1) is 0 Å². The minimum absolute atomic E-state index is 0.0833. The van der Waals surface area contributed by atoms with Crippen molar-refractivity contribution in [3.05, 3.63) is 0 Å². The van der Waals surface area contributed by atoms with Gasteiger partial charge in [-0.05, 0) is 25.3 Å². The van der Waals surface area contributed by atoms with Crippen LogP contribution in [-0.2, 0) is 4.79 Å². The van der Waals surface area contributed by atoms with Gasteiger partial charge in [-0.3, -0.25) is 4.79 Å². The van der Waals surface area contributed by atoms with Crippen LogP contribution in [-0.4, -0.2) is 26.0 Å². The lowest BCUT2D eigenvalue weighted by molar-refractivity contribution is -0.126. The number of amides is 1. The SMILES string of the molecule is CNCC1(C(=O)NCC(C)(C)C)CC1. The zero-order chi connectivity index (χ0) is 10.8. The van der Waals surface area contributed by atoms with Gasteiger partial charge < -0.3 is 10.6 Å². The van der Waals surface area contributed by atoms with Crippen LogP contribution >= 0.6 is 0 Å². The first-order valence-electron chi connectivity index (χ1n) is 5.33. The quantitative estimate of drug-likeness (QED) is 0.711. The lowest BCUT2D eigenvalue weighted by Crippen LogP contribution is -2.41. The average molecular weight is 198 g/mol. The highest BCUT2D eigenvalue weighted by Gasteiger charge is 2.49. The third-order valence-electron chi connectivity index (χ3n) is 2.63. The molecular weight excluding hydrogens is 176 g/mol. The smallest absolute Gasteiger partial charge is 0.227 e. The molecule has 0 heterocycles. The third-order valence-corrected chi connectivity index (χ3v) is 2.63. The highest BCUT2D eigenvalue weighted by atomic mass is 16.2. The molecule has 3 nitrogen and oxygen atoms in total. The maximum atomic E-state index is 11.8. The first kappa shape index (κ1) is 11.5. The van der Waals surface area contributed by atoms with Gasteiger partial charge in [-0.1, -0.05) is 20.8 Å². The number of rotatable bonds is 4. The Morgan fingerprint density at radius 2 is 1.93 bits per heavy atom. The van der Waals surface area contributed by atoms with E-state index in [-0.39, 0.29) is 16.7 Å². The van der Waals surface area contributed by atoms with Gasteiger partial charge in [0.05, 0.1) is 5.41 Å². The average Bonchev–Trinajstić information content (AvgIpc) is 2.81. The van der Waals surface area contributed by atoms with Crippen molar-refractivity contribution < 1.29 is 4.79 Å². The van der Waals surface area contributed by atoms with E-state index in [1.165, 1.54) is 0 Å². The molecule has 0 aromatic heterocycles. The Morgan fingerprint density at radius 3 is 2.29 bits per heavy atom. The molecule has 1 fully saturated rings. The van der Waals surface area contributed by atoms with Crippen molar-refractivity contribution in [2.24, 2.45) is 10.8 Å². The van der Waals surface area contributed by atoms with Crippen LogP contribution in [0, 0.1) is 10.8 Å². The Hall–Kier alpha value is -0.570. The van der Waals surface area contributed by atoms with E-state index in [2.05, 4.69) is 31.4 Å². The van der Waals surface area contributed by atoms with Crippen LogP contribution in [0.15, 0.2) is 0 Å². The van der Waals surface area contributed by atoms with Gasteiger partial charge in [-0.2, -0.15) is 0 Å². The summed E-state index contributed by atoms with van der Waals surface area (Å²) < 4.78 is 0. The van der Waals surface area contributed by atoms with E-state index >= 15 is 0 Å². The molecule has 1 aliphatic rings. The van der Waals surface area contributed by atoms with Gasteiger partial charge in [0.2, 0.25) is 5.91 Å². The predicted molar refractivity (Wildman–Crippen MR) is 58.1 cm³/mol. The van der Waals surface area contributed by atoms with E-state index in [9.17, 15) is 4.79 Å². The van der Waals surface area contributed by atoms with Crippen molar-refractivity contribution in [3.8, 4) is 0 Å². The Balaban J connectivity index is 2.35. The minimum Gasteiger partial charge on any atom is -0.355 e. The maximum Gasteiger partial charge on any atom is 0.227 e. The number of carbonyl (C=O) groups excluding carboxylic acids is 1. The first-order chi connectivity index (χ1) is 6.40. The highest BCUT2D eigenvalue weighted by Crippen LogP contribution is 2.45. The molecule has 1 rings (SSSR count). The fourth-order valence-electron chi connectivity index (χ4n) is 1.51. The number of nitrogens with one attached hydrogen (secondary N) is 2. The van der Waals surface area contributed by atoms with Crippen LogP contribution in [0.1, 0.15) is 33.6 Å². The molecule has 0 saturated heterocycles. The molecule has 0 bridgehead atoms. The second kappa shape index (κ2) is 3.89. The summed E-state index contributed by atoms with van der Waals surface area (Å²) >= 11 is 0. The number of hydrogen-bond acceptors (Lipinski definition) is 2. The van der Waals surface area contributed by atoms with E-state index in [1.54, 1.807) is 0 Å². The first-order valence-corrected chi connectivity index (χ1v) is 5.33. The van der Waals surface area contributed by atoms with Gasteiger partial charge in [0.25, 0.3) is 0 Å². The van der Waals surface area contributed by atoms with Gasteiger partial charge in [0.15, 0.2) is 0 Å². The van der Waals surface area contributed by atoms with Crippen LogP contribution in [0.2, 0.25) is 0 Å². The van der Waals surface area contributed by atoms with E-state index < -0.39 is 0 Å². The van der Waals surface area contributed by atoms with Crippen molar-refractivity contribution in [3.63, 3.8) is 0 Å². The summed E-state index contributed by atoms with van der Waals surface area (Å²) in [5.74, 6) is 0.224.